The molecule has 27 heavy (non-hydrogen) atoms. The maximum absolute atomic E-state index is 13.5. The number of hydrogen-bond donors (Lipinski definition) is 1. The molecule has 0 bridgehead atoms. The fourth-order valence-electron chi connectivity index (χ4n) is 4.40. The maximum atomic E-state index is 13.5. The van der Waals surface area contributed by atoms with E-state index in [1.54, 1.807) is 6.07 Å². The van der Waals surface area contributed by atoms with Gasteiger partial charge in [0.1, 0.15) is 18.3 Å². The standard InChI is InChI=1S/C19H19ClFN5O/c20-16-2-1-3-17(13(16)6-23)25-9-14-15(10-25)19(14)24-7-18(27)26-8-11(21)4-12(26)5-22/h1-3,11-12,14-15,19,24H,4,7-10H2/t11-,12-,14-,15+,19?/m0/s1. The van der Waals surface area contributed by atoms with Crippen LogP contribution in [0.15, 0.2) is 18.2 Å². The van der Waals surface area contributed by atoms with Gasteiger partial charge in [-0.3, -0.25) is 4.79 Å². The fourth-order valence-corrected chi connectivity index (χ4v) is 4.61. The summed E-state index contributed by atoms with van der Waals surface area (Å²) >= 11 is 6.11. The second-order valence-electron chi connectivity index (χ2n) is 7.41. The van der Waals surface area contributed by atoms with E-state index >= 15 is 0 Å². The van der Waals surface area contributed by atoms with Crippen LogP contribution in [0.3, 0.4) is 0 Å². The van der Waals surface area contributed by atoms with Crippen molar-refractivity contribution in [2.24, 2.45) is 11.8 Å². The third-order valence-corrected chi connectivity index (χ3v) is 6.16. The predicted octanol–water partition coefficient (Wildman–Crippen LogP) is 1.70. The van der Waals surface area contributed by atoms with Crippen molar-refractivity contribution >= 4 is 23.2 Å². The Balaban J connectivity index is 1.30. The van der Waals surface area contributed by atoms with Crippen molar-refractivity contribution in [1.29, 1.82) is 10.5 Å². The van der Waals surface area contributed by atoms with Crippen LogP contribution in [0.2, 0.25) is 5.02 Å². The van der Waals surface area contributed by atoms with Gasteiger partial charge in [0.05, 0.1) is 35.4 Å². The van der Waals surface area contributed by atoms with Crippen LogP contribution in [0.1, 0.15) is 12.0 Å². The maximum Gasteiger partial charge on any atom is 0.237 e. The number of rotatable bonds is 4. The number of nitrogens with one attached hydrogen (secondary N) is 1. The Hall–Kier alpha value is -2.35. The molecule has 1 N–H and O–H groups in total. The Morgan fingerprint density at radius 1 is 1.30 bits per heavy atom. The number of anilines is 1. The van der Waals surface area contributed by atoms with Gasteiger partial charge in [0.15, 0.2) is 0 Å². The normalized spacial score (nSPS) is 31.3. The number of piperidine rings is 1. The zero-order valence-corrected chi connectivity index (χ0v) is 15.4. The molecule has 4 rings (SSSR count). The van der Waals surface area contributed by atoms with Crippen LogP contribution in [0.5, 0.6) is 0 Å². The molecule has 0 spiro atoms. The van der Waals surface area contributed by atoms with E-state index in [9.17, 15) is 14.4 Å². The topological polar surface area (TPSA) is 83.2 Å². The Morgan fingerprint density at radius 2 is 2.04 bits per heavy atom. The molecular formula is C19H19ClFN5O. The minimum Gasteiger partial charge on any atom is -0.370 e. The number of alkyl halides is 1. The summed E-state index contributed by atoms with van der Waals surface area (Å²) in [7, 11) is 0. The second-order valence-corrected chi connectivity index (χ2v) is 7.82. The zero-order valence-electron chi connectivity index (χ0n) is 14.6. The van der Waals surface area contributed by atoms with Crippen molar-refractivity contribution in [3.8, 4) is 12.1 Å². The van der Waals surface area contributed by atoms with Crippen molar-refractivity contribution in [3.63, 3.8) is 0 Å². The van der Waals surface area contributed by atoms with E-state index in [0.29, 0.717) is 22.4 Å². The van der Waals surface area contributed by atoms with Crippen LogP contribution in [0, 0.1) is 34.5 Å². The molecule has 6 nitrogen and oxygen atoms in total. The summed E-state index contributed by atoms with van der Waals surface area (Å²) in [5.74, 6) is 0.621. The van der Waals surface area contributed by atoms with E-state index in [2.05, 4.69) is 16.3 Å². The summed E-state index contributed by atoms with van der Waals surface area (Å²) in [4.78, 5) is 15.8. The third kappa shape index (κ3) is 3.22. The largest absolute Gasteiger partial charge is 0.370 e. The van der Waals surface area contributed by atoms with Crippen LogP contribution < -0.4 is 10.2 Å². The Morgan fingerprint density at radius 3 is 2.70 bits per heavy atom. The quantitative estimate of drug-likeness (QED) is 0.850. The molecule has 2 saturated heterocycles. The molecular weight excluding hydrogens is 369 g/mol. The highest BCUT2D eigenvalue weighted by Crippen LogP contribution is 2.47. The van der Waals surface area contributed by atoms with Gasteiger partial charge in [-0.15, -0.1) is 0 Å². The molecule has 1 unspecified atom stereocenters. The monoisotopic (exact) mass is 387 g/mol. The van der Waals surface area contributed by atoms with Crippen molar-refractivity contribution in [2.45, 2.75) is 24.7 Å². The molecule has 1 amide bonds. The SMILES string of the molecule is N#Cc1c(Cl)cccc1N1C[C@@H]2C(NCC(=O)N3C[C@@H](F)C[C@H]3C#N)[C@@H]2C1. The number of fused-ring (bicyclic) bond motifs is 1. The number of halogens is 2. The first-order chi connectivity index (χ1) is 13.0. The summed E-state index contributed by atoms with van der Waals surface area (Å²) in [5, 5.41) is 22.1. The smallest absolute Gasteiger partial charge is 0.237 e. The number of hydrogen-bond acceptors (Lipinski definition) is 5. The average molecular weight is 388 g/mol. The summed E-state index contributed by atoms with van der Waals surface area (Å²) < 4.78 is 13.5. The van der Waals surface area contributed by atoms with Gasteiger partial charge >= 0.3 is 0 Å². The highest BCUT2D eigenvalue weighted by atomic mass is 35.5. The van der Waals surface area contributed by atoms with Crippen molar-refractivity contribution in [2.75, 3.05) is 31.1 Å². The lowest BCUT2D eigenvalue weighted by Gasteiger charge is -2.24. The Kier molecular flexibility index (Phi) is 4.67. The number of nitrogens with zero attached hydrogens (tertiary/aromatic N) is 4. The lowest BCUT2D eigenvalue weighted by molar-refractivity contribution is -0.130. The second kappa shape index (κ2) is 6.99. The molecule has 2 aliphatic heterocycles. The van der Waals surface area contributed by atoms with Gasteiger partial charge in [-0.2, -0.15) is 10.5 Å². The molecule has 0 aromatic heterocycles. The molecule has 5 atom stereocenters. The summed E-state index contributed by atoms with van der Waals surface area (Å²) in [5.41, 5.74) is 1.35. The van der Waals surface area contributed by atoms with Crippen LogP contribution in [0.25, 0.3) is 0 Å². The highest BCUT2D eigenvalue weighted by Gasteiger charge is 2.56. The van der Waals surface area contributed by atoms with E-state index in [-0.39, 0.29) is 31.5 Å². The predicted molar refractivity (Wildman–Crippen MR) is 97.8 cm³/mol. The van der Waals surface area contributed by atoms with E-state index in [1.165, 1.54) is 4.90 Å². The third-order valence-electron chi connectivity index (χ3n) is 5.85. The Bertz CT molecular complexity index is 837. The minimum absolute atomic E-state index is 0.00967. The number of carbonyl (C=O) groups is 1. The highest BCUT2D eigenvalue weighted by molar-refractivity contribution is 6.32. The first kappa shape index (κ1) is 18.0. The molecule has 1 saturated carbocycles. The molecule has 1 aromatic carbocycles. The van der Waals surface area contributed by atoms with Crippen molar-refractivity contribution in [3.05, 3.63) is 28.8 Å². The van der Waals surface area contributed by atoms with Gasteiger partial charge in [0.25, 0.3) is 0 Å². The van der Waals surface area contributed by atoms with E-state index in [4.69, 9.17) is 16.9 Å². The lowest BCUT2D eigenvalue weighted by atomic mass is 10.1. The summed E-state index contributed by atoms with van der Waals surface area (Å²) in [6.07, 6.45) is -1.01. The minimum atomic E-state index is -1.11. The molecule has 0 radical (unpaired) electrons. The summed E-state index contributed by atoms with van der Waals surface area (Å²) in [6, 6.07) is 9.23. The molecule has 1 aliphatic carbocycles. The molecule has 8 heteroatoms. The zero-order chi connectivity index (χ0) is 19.1. The van der Waals surface area contributed by atoms with Crippen LogP contribution in [-0.4, -0.2) is 55.2 Å². The first-order valence-electron chi connectivity index (χ1n) is 9.03. The van der Waals surface area contributed by atoms with E-state index in [0.717, 1.165) is 18.8 Å². The van der Waals surface area contributed by atoms with Gasteiger partial charge in [-0.1, -0.05) is 17.7 Å². The number of nitriles is 2. The molecule has 2 heterocycles. The Labute approximate surface area is 162 Å². The fraction of sp³-hybridized carbons (Fsp3) is 0.526. The molecule has 1 aromatic rings. The number of amides is 1. The van der Waals surface area contributed by atoms with Gasteiger partial charge < -0.3 is 15.1 Å². The van der Waals surface area contributed by atoms with Gasteiger partial charge in [0.2, 0.25) is 5.91 Å². The van der Waals surface area contributed by atoms with Gasteiger partial charge in [-0.25, -0.2) is 4.39 Å². The van der Waals surface area contributed by atoms with Crippen LogP contribution in [-0.2, 0) is 4.79 Å². The molecule has 3 aliphatic rings. The molecule has 140 valence electrons. The number of carbonyl (C=O) groups excluding carboxylic acids is 1. The summed E-state index contributed by atoms with van der Waals surface area (Å²) in [6.45, 7) is 1.75. The van der Waals surface area contributed by atoms with Crippen molar-refractivity contribution in [1.82, 2.24) is 10.2 Å². The number of benzene rings is 1. The average Bonchev–Trinajstić information content (AvgIpc) is 2.99. The first-order valence-corrected chi connectivity index (χ1v) is 9.41. The van der Waals surface area contributed by atoms with Crippen LogP contribution in [0.4, 0.5) is 10.1 Å². The molecule has 3 fully saturated rings. The van der Waals surface area contributed by atoms with Crippen molar-refractivity contribution < 1.29 is 9.18 Å². The van der Waals surface area contributed by atoms with Gasteiger partial charge in [-0.05, 0) is 24.0 Å². The lowest BCUT2D eigenvalue weighted by Crippen LogP contribution is -2.43. The van der Waals surface area contributed by atoms with Gasteiger partial charge in [0, 0.05) is 25.6 Å². The van der Waals surface area contributed by atoms with Crippen LogP contribution >= 0.6 is 11.6 Å². The number of likely N-dealkylation sites (tertiary alicyclic amines) is 1. The van der Waals surface area contributed by atoms with E-state index < -0.39 is 12.2 Å². The van der Waals surface area contributed by atoms with E-state index in [1.807, 2.05) is 18.2 Å².